The summed E-state index contributed by atoms with van der Waals surface area (Å²) < 4.78 is 3.25. The van der Waals surface area contributed by atoms with Gasteiger partial charge in [-0.25, -0.2) is 0 Å². The number of nitrogens with one attached hydrogen (secondary N) is 2. The Morgan fingerprint density at radius 2 is 1.96 bits per heavy atom. The largest absolute Gasteiger partial charge is 0.380 e. The lowest BCUT2D eigenvalue weighted by Crippen LogP contribution is -2.48. The maximum absolute atomic E-state index is 13.2. The van der Waals surface area contributed by atoms with Gasteiger partial charge in [0.15, 0.2) is 5.82 Å². The third kappa shape index (κ3) is 2.32. The van der Waals surface area contributed by atoms with E-state index in [1.807, 2.05) is 6.92 Å². The number of anilines is 3. The molecule has 0 aromatic carbocycles. The Morgan fingerprint density at radius 1 is 1.24 bits per heavy atom. The molecule has 8 nitrogen and oxygen atoms in total. The number of carbonyl (C=O) groups is 1. The average Bonchev–Trinajstić information content (AvgIpc) is 3.02. The van der Waals surface area contributed by atoms with Gasteiger partial charge in [-0.2, -0.15) is 5.10 Å². The monoisotopic (exact) mass is 342 g/mol. The number of carbonyl (C=O) groups excluding carboxylic acids is 1. The molecule has 0 bridgehead atoms. The van der Waals surface area contributed by atoms with Gasteiger partial charge < -0.3 is 16.4 Å². The van der Waals surface area contributed by atoms with Crippen LogP contribution in [0.15, 0.2) is 17.1 Å². The van der Waals surface area contributed by atoms with Crippen LogP contribution < -0.4 is 21.9 Å². The Balaban J connectivity index is 1.85. The number of pyridine rings is 1. The van der Waals surface area contributed by atoms with Gasteiger partial charge in [-0.1, -0.05) is 6.42 Å². The molecule has 1 fully saturated rings. The number of aryl methyl sites for hydroxylation is 2. The van der Waals surface area contributed by atoms with Gasteiger partial charge in [0.1, 0.15) is 22.7 Å². The number of nitrogen functional groups attached to an aromatic ring is 1. The van der Waals surface area contributed by atoms with Crippen LogP contribution in [-0.2, 0) is 12.7 Å². The number of hydrogen-bond donors (Lipinski definition) is 3. The highest BCUT2D eigenvalue weighted by Crippen LogP contribution is 2.37. The Hall–Kier alpha value is -2.77. The van der Waals surface area contributed by atoms with E-state index < -0.39 is 5.66 Å². The van der Waals surface area contributed by atoms with E-state index in [0.29, 0.717) is 22.9 Å². The number of hydrogen-bond acceptors (Lipinski definition) is 5. The molecule has 0 unspecified atom stereocenters. The highest BCUT2D eigenvalue weighted by atomic mass is 16.2. The Kier molecular flexibility index (Phi) is 3.38. The minimum Gasteiger partial charge on any atom is -0.380 e. The quantitative estimate of drug-likeness (QED) is 0.768. The van der Waals surface area contributed by atoms with Crippen molar-refractivity contribution in [3.63, 3.8) is 0 Å². The van der Waals surface area contributed by atoms with Crippen molar-refractivity contribution in [2.24, 2.45) is 7.05 Å². The van der Waals surface area contributed by atoms with Crippen molar-refractivity contribution >= 4 is 23.1 Å². The number of aromatic nitrogens is 3. The van der Waals surface area contributed by atoms with Gasteiger partial charge in [0.2, 0.25) is 0 Å². The molecule has 1 spiro atoms. The number of nitrogens with two attached hydrogens (primary N) is 1. The summed E-state index contributed by atoms with van der Waals surface area (Å²) in [4.78, 5) is 25.7. The molecule has 1 aliphatic heterocycles. The molecule has 0 atom stereocenters. The summed E-state index contributed by atoms with van der Waals surface area (Å²) >= 11 is 0. The Labute approximate surface area is 145 Å². The van der Waals surface area contributed by atoms with Gasteiger partial charge in [0.25, 0.3) is 11.5 Å². The Morgan fingerprint density at radius 3 is 2.60 bits per heavy atom. The summed E-state index contributed by atoms with van der Waals surface area (Å²) in [6.07, 6.45) is 6.41. The lowest BCUT2D eigenvalue weighted by atomic mass is 9.89. The van der Waals surface area contributed by atoms with Gasteiger partial charge in [-0.05, 0) is 44.2 Å². The van der Waals surface area contributed by atoms with Crippen molar-refractivity contribution in [1.29, 1.82) is 0 Å². The summed E-state index contributed by atoms with van der Waals surface area (Å²) in [7, 11) is 1.77. The fourth-order valence-corrected chi connectivity index (χ4v) is 4.08. The van der Waals surface area contributed by atoms with E-state index >= 15 is 0 Å². The zero-order chi connectivity index (χ0) is 17.8. The number of amides is 1. The van der Waals surface area contributed by atoms with E-state index in [1.165, 1.54) is 0 Å². The van der Waals surface area contributed by atoms with Crippen LogP contribution in [0.1, 0.15) is 48.2 Å². The van der Waals surface area contributed by atoms with Crippen molar-refractivity contribution in [2.45, 2.75) is 44.7 Å². The molecule has 2 aliphatic rings. The standard InChI is InChI=1S/C17H22N6O2/c1-10-8-11(19-12-9-22(2)21-14(12)18)16(25)23-13(10)15(24)20-17(23)6-4-3-5-7-17/h8-9,19H,3-7H2,1-2H3,(H2,18,21)(H,20,24). The number of nitrogens with zero attached hydrogens (tertiary/aromatic N) is 3. The zero-order valence-corrected chi connectivity index (χ0v) is 14.4. The van der Waals surface area contributed by atoms with Crippen molar-refractivity contribution in [3.05, 3.63) is 33.9 Å². The van der Waals surface area contributed by atoms with Crippen LogP contribution in [0.5, 0.6) is 0 Å². The van der Waals surface area contributed by atoms with Crippen LogP contribution in [0.25, 0.3) is 0 Å². The van der Waals surface area contributed by atoms with Gasteiger partial charge in [0, 0.05) is 7.05 Å². The van der Waals surface area contributed by atoms with E-state index in [1.54, 1.807) is 28.6 Å². The van der Waals surface area contributed by atoms with Crippen LogP contribution in [0.3, 0.4) is 0 Å². The molecule has 0 saturated heterocycles. The second kappa shape index (κ2) is 5.37. The number of rotatable bonds is 2. The summed E-state index contributed by atoms with van der Waals surface area (Å²) in [5.74, 6) is 0.163. The zero-order valence-electron chi connectivity index (χ0n) is 14.4. The first kappa shape index (κ1) is 15.7. The summed E-state index contributed by atoms with van der Waals surface area (Å²) in [5.41, 5.74) is 7.30. The molecule has 132 valence electrons. The predicted molar refractivity (Wildman–Crippen MR) is 94.9 cm³/mol. The van der Waals surface area contributed by atoms with E-state index in [4.69, 9.17) is 5.73 Å². The molecule has 4 rings (SSSR count). The Bertz CT molecular complexity index is 920. The van der Waals surface area contributed by atoms with E-state index in [0.717, 1.165) is 37.7 Å². The highest BCUT2D eigenvalue weighted by Gasteiger charge is 2.45. The molecule has 2 aromatic heterocycles. The molecular weight excluding hydrogens is 320 g/mol. The molecule has 1 saturated carbocycles. The normalized spacial score (nSPS) is 18.2. The number of fused-ring (bicyclic) bond motifs is 2. The van der Waals surface area contributed by atoms with Crippen LogP contribution >= 0.6 is 0 Å². The summed E-state index contributed by atoms with van der Waals surface area (Å²) in [5, 5.41) is 10.2. The molecule has 0 radical (unpaired) electrons. The van der Waals surface area contributed by atoms with E-state index in [-0.39, 0.29) is 11.5 Å². The van der Waals surface area contributed by atoms with Crippen molar-refractivity contribution in [1.82, 2.24) is 19.7 Å². The third-order valence-electron chi connectivity index (χ3n) is 5.19. The first-order chi connectivity index (χ1) is 11.9. The molecule has 8 heteroatoms. The first-order valence-corrected chi connectivity index (χ1v) is 8.57. The average molecular weight is 342 g/mol. The first-order valence-electron chi connectivity index (χ1n) is 8.57. The lowest BCUT2D eigenvalue weighted by molar-refractivity contribution is 0.0876. The topological polar surface area (TPSA) is 107 Å². The fraction of sp³-hybridized carbons (Fsp3) is 0.471. The molecule has 1 aliphatic carbocycles. The third-order valence-corrected chi connectivity index (χ3v) is 5.19. The molecule has 25 heavy (non-hydrogen) atoms. The van der Waals surface area contributed by atoms with Crippen molar-refractivity contribution < 1.29 is 4.79 Å². The van der Waals surface area contributed by atoms with Gasteiger partial charge in [-0.3, -0.25) is 18.8 Å². The van der Waals surface area contributed by atoms with Gasteiger partial charge >= 0.3 is 0 Å². The molecule has 1 amide bonds. The van der Waals surface area contributed by atoms with E-state index in [9.17, 15) is 9.59 Å². The van der Waals surface area contributed by atoms with Crippen molar-refractivity contribution in [2.75, 3.05) is 11.1 Å². The van der Waals surface area contributed by atoms with Crippen LogP contribution in [0, 0.1) is 6.92 Å². The van der Waals surface area contributed by atoms with Crippen LogP contribution in [0.4, 0.5) is 17.2 Å². The summed E-state index contributed by atoms with van der Waals surface area (Å²) in [6.45, 7) is 1.85. The molecule has 3 heterocycles. The molecular formula is C17H22N6O2. The van der Waals surface area contributed by atoms with E-state index in [2.05, 4.69) is 15.7 Å². The highest BCUT2D eigenvalue weighted by molar-refractivity contribution is 5.97. The minimum absolute atomic E-state index is 0.163. The van der Waals surface area contributed by atoms with Crippen LogP contribution in [-0.4, -0.2) is 20.3 Å². The molecule has 2 aromatic rings. The smallest absolute Gasteiger partial charge is 0.276 e. The predicted octanol–water partition coefficient (Wildman–Crippen LogP) is 1.58. The minimum atomic E-state index is -0.593. The van der Waals surface area contributed by atoms with Gasteiger partial charge in [-0.15, -0.1) is 0 Å². The molecule has 4 N–H and O–H groups in total. The van der Waals surface area contributed by atoms with Crippen LogP contribution in [0.2, 0.25) is 0 Å². The van der Waals surface area contributed by atoms with Gasteiger partial charge in [0.05, 0.1) is 6.20 Å². The fourth-order valence-electron chi connectivity index (χ4n) is 4.08. The second-order valence-corrected chi connectivity index (χ2v) is 7.00. The summed E-state index contributed by atoms with van der Waals surface area (Å²) in [6, 6.07) is 1.71. The maximum Gasteiger partial charge on any atom is 0.276 e. The lowest BCUT2D eigenvalue weighted by Gasteiger charge is -2.35. The maximum atomic E-state index is 13.2. The van der Waals surface area contributed by atoms with Crippen molar-refractivity contribution in [3.8, 4) is 0 Å². The SMILES string of the molecule is Cc1cc(Nc2cn(C)nc2N)c(=O)n2c1C(=O)NC21CCCCC1. The second-order valence-electron chi connectivity index (χ2n) is 7.00.